The minimum Gasteiger partial charge on any atom is -0.467 e. The molecular weight excluding hydrogens is 314 g/mol. The second-order valence-corrected chi connectivity index (χ2v) is 6.99. The number of hydrogen-bond acceptors (Lipinski definition) is 3. The average Bonchev–Trinajstić information content (AvgIpc) is 3.28. The number of benzene rings is 1. The average molecular weight is 341 g/mol. The van der Waals surface area contributed by atoms with Gasteiger partial charge in [-0.15, -0.1) is 0 Å². The van der Waals surface area contributed by atoms with Crippen molar-refractivity contribution in [2.75, 3.05) is 6.54 Å². The molecule has 2 heterocycles. The van der Waals surface area contributed by atoms with Crippen molar-refractivity contribution in [1.82, 2.24) is 4.90 Å². The first kappa shape index (κ1) is 17.7. The Morgan fingerprint density at radius 2 is 2.12 bits per heavy atom. The molecule has 1 N–H and O–H groups in total. The molecule has 1 aromatic heterocycles. The highest BCUT2D eigenvalue weighted by molar-refractivity contribution is 5.76. The van der Waals surface area contributed by atoms with E-state index in [9.17, 15) is 9.90 Å². The van der Waals surface area contributed by atoms with E-state index in [0.29, 0.717) is 18.6 Å². The molecule has 3 rings (SSSR count). The quantitative estimate of drug-likeness (QED) is 0.827. The number of aryl methyl sites for hydroxylation is 2. The van der Waals surface area contributed by atoms with E-state index < -0.39 is 6.10 Å². The van der Waals surface area contributed by atoms with Gasteiger partial charge in [-0.3, -0.25) is 4.79 Å². The van der Waals surface area contributed by atoms with Crippen molar-refractivity contribution < 1.29 is 14.3 Å². The van der Waals surface area contributed by atoms with Crippen LogP contribution in [0.5, 0.6) is 0 Å². The molecule has 1 aliphatic rings. The molecule has 2 unspecified atom stereocenters. The molecule has 1 aliphatic heterocycles. The number of nitrogens with zero attached hydrogens (tertiary/aromatic N) is 1. The maximum atomic E-state index is 12.6. The van der Waals surface area contributed by atoms with Crippen molar-refractivity contribution in [3.05, 3.63) is 59.5 Å². The van der Waals surface area contributed by atoms with Gasteiger partial charge in [0.05, 0.1) is 6.26 Å². The van der Waals surface area contributed by atoms with Gasteiger partial charge in [0.1, 0.15) is 11.9 Å². The smallest absolute Gasteiger partial charge is 0.222 e. The van der Waals surface area contributed by atoms with Gasteiger partial charge in [0.2, 0.25) is 5.91 Å². The largest absolute Gasteiger partial charge is 0.467 e. The minimum atomic E-state index is -0.638. The minimum absolute atomic E-state index is 0.118. The summed E-state index contributed by atoms with van der Waals surface area (Å²) in [6, 6.07) is 12.2. The Hall–Kier alpha value is -2.07. The zero-order valence-electron chi connectivity index (χ0n) is 14.9. The van der Waals surface area contributed by atoms with Crippen LogP contribution in [0, 0.1) is 6.92 Å². The van der Waals surface area contributed by atoms with E-state index in [-0.39, 0.29) is 11.9 Å². The molecule has 1 amide bonds. The first-order valence-electron chi connectivity index (χ1n) is 9.20. The Bertz CT molecular complexity index is 663. The Labute approximate surface area is 149 Å². The number of rotatable bonds is 7. The summed E-state index contributed by atoms with van der Waals surface area (Å²) in [7, 11) is 0. The molecule has 4 heteroatoms. The van der Waals surface area contributed by atoms with Gasteiger partial charge in [0, 0.05) is 25.4 Å². The van der Waals surface area contributed by atoms with Crippen LogP contribution in [0.25, 0.3) is 0 Å². The van der Waals surface area contributed by atoms with Crippen LogP contribution in [-0.4, -0.2) is 28.5 Å². The van der Waals surface area contributed by atoms with Gasteiger partial charge in [-0.1, -0.05) is 29.8 Å². The monoisotopic (exact) mass is 341 g/mol. The topological polar surface area (TPSA) is 53.7 Å². The molecule has 2 aromatic rings. The number of carbonyl (C=O) groups excluding carboxylic acids is 1. The Morgan fingerprint density at radius 1 is 1.32 bits per heavy atom. The molecule has 2 atom stereocenters. The molecule has 0 radical (unpaired) electrons. The predicted molar refractivity (Wildman–Crippen MR) is 97.1 cm³/mol. The number of hydrogen-bond donors (Lipinski definition) is 1. The van der Waals surface area contributed by atoms with E-state index in [1.54, 1.807) is 18.4 Å². The zero-order valence-corrected chi connectivity index (χ0v) is 14.9. The molecule has 25 heavy (non-hydrogen) atoms. The highest BCUT2D eigenvalue weighted by Gasteiger charge is 2.30. The van der Waals surface area contributed by atoms with Gasteiger partial charge in [-0.25, -0.2) is 0 Å². The van der Waals surface area contributed by atoms with Gasteiger partial charge in [-0.05, 0) is 50.3 Å². The summed E-state index contributed by atoms with van der Waals surface area (Å²) in [6.45, 7) is 2.89. The fourth-order valence-corrected chi connectivity index (χ4v) is 3.61. The van der Waals surface area contributed by atoms with Gasteiger partial charge < -0.3 is 14.4 Å². The van der Waals surface area contributed by atoms with Crippen LogP contribution in [0.1, 0.15) is 55.1 Å². The van der Waals surface area contributed by atoms with Crippen LogP contribution < -0.4 is 0 Å². The fraction of sp³-hybridized carbons (Fsp3) is 0.476. The second kappa shape index (κ2) is 8.34. The summed E-state index contributed by atoms with van der Waals surface area (Å²) in [5.41, 5.74) is 2.54. The van der Waals surface area contributed by atoms with E-state index in [2.05, 4.69) is 31.2 Å². The first-order chi connectivity index (χ1) is 12.1. The number of aliphatic hydroxyl groups is 1. The third-order valence-electron chi connectivity index (χ3n) is 5.04. The second-order valence-electron chi connectivity index (χ2n) is 6.99. The van der Waals surface area contributed by atoms with Gasteiger partial charge in [-0.2, -0.15) is 0 Å². The van der Waals surface area contributed by atoms with E-state index >= 15 is 0 Å². The van der Waals surface area contributed by atoms with E-state index in [0.717, 1.165) is 32.2 Å². The van der Waals surface area contributed by atoms with Crippen LogP contribution in [0.15, 0.2) is 47.1 Å². The normalized spacial score (nSPS) is 18.5. The Kier molecular flexibility index (Phi) is 5.92. The summed E-state index contributed by atoms with van der Waals surface area (Å²) < 4.78 is 5.27. The predicted octanol–water partition coefficient (Wildman–Crippen LogP) is 4.03. The number of aliphatic hydroxyl groups excluding tert-OH is 1. The SMILES string of the molecule is Cc1ccc(CCCC(=O)N2CCCC2CC(O)c2ccco2)cc1. The molecule has 0 aliphatic carbocycles. The number of carbonyl (C=O) groups is 1. The summed E-state index contributed by atoms with van der Waals surface area (Å²) in [6.07, 6.45) is 5.83. The fourth-order valence-electron chi connectivity index (χ4n) is 3.61. The lowest BCUT2D eigenvalue weighted by Gasteiger charge is -2.26. The number of furan rings is 1. The van der Waals surface area contributed by atoms with E-state index in [4.69, 9.17) is 4.42 Å². The third kappa shape index (κ3) is 4.73. The molecule has 0 spiro atoms. The molecule has 1 aromatic carbocycles. The third-order valence-corrected chi connectivity index (χ3v) is 5.04. The highest BCUT2D eigenvalue weighted by Crippen LogP contribution is 2.28. The van der Waals surface area contributed by atoms with Crippen LogP contribution in [0.4, 0.5) is 0 Å². The number of amides is 1. The molecule has 1 saturated heterocycles. The molecule has 0 saturated carbocycles. The van der Waals surface area contributed by atoms with Crippen molar-refractivity contribution in [1.29, 1.82) is 0 Å². The molecule has 1 fully saturated rings. The Morgan fingerprint density at radius 3 is 2.84 bits per heavy atom. The van der Waals surface area contributed by atoms with Crippen LogP contribution in [-0.2, 0) is 11.2 Å². The Balaban J connectivity index is 1.47. The van der Waals surface area contributed by atoms with Crippen LogP contribution in [0.3, 0.4) is 0 Å². The van der Waals surface area contributed by atoms with Crippen LogP contribution in [0.2, 0.25) is 0 Å². The first-order valence-corrected chi connectivity index (χ1v) is 9.20. The van der Waals surface area contributed by atoms with Gasteiger partial charge in [0.15, 0.2) is 0 Å². The van der Waals surface area contributed by atoms with Crippen molar-refractivity contribution in [2.45, 2.75) is 57.6 Å². The van der Waals surface area contributed by atoms with Crippen molar-refractivity contribution >= 4 is 5.91 Å². The van der Waals surface area contributed by atoms with Crippen LogP contribution >= 0.6 is 0 Å². The summed E-state index contributed by atoms with van der Waals surface area (Å²) >= 11 is 0. The van der Waals surface area contributed by atoms with Crippen molar-refractivity contribution in [3.63, 3.8) is 0 Å². The lowest BCUT2D eigenvalue weighted by molar-refractivity contribution is -0.132. The molecule has 4 nitrogen and oxygen atoms in total. The standard InChI is InChI=1S/C21H27NO3/c1-16-9-11-17(12-10-16)5-2-8-21(24)22-13-3-6-18(22)15-19(23)20-7-4-14-25-20/h4,7,9-12,14,18-19,23H,2-3,5-6,8,13,15H2,1H3. The lowest BCUT2D eigenvalue weighted by Crippen LogP contribution is -2.36. The van der Waals surface area contributed by atoms with E-state index in [1.165, 1.54) is 11.1 Å². The molecular formula is C21H27NO3. The van der Waals surface area contributed by atoms with Crippen molar-refractivity contribution in [2.24, 2.45) is 0 Å². The van der Waals surface area contributed by atoms with Crippen molar-refractivity contribution in [3.8, 4) is 0 Å². The highest BCUT2D eigenvalue weighted by atomic mass is 16.4. The van der Waals surface area contributed by atoms with Gasteiger partial charge in [0.25, 0.3) is 0 Å². The van der Waals surface area contributed by atoms with E-state index in [1.807, 2.05) is 4.90 Å². The summed E-state index contributed by atoms with van der Waals surface area (Å²) in [5, 5.41) is 10.3. The lowest BCUT2D eigenvalue weighted by atomic mass is 10.0. The molecule has 134 valence electrons. The maximum Gasteiger partial charge on any atom is 0.222 e. The maximum absolute atomic E-state index is 12.6. The number of likely N-dealkylation sites (tertiary alicyclic amines) is 1. The zero-order chi connectivity index (χ0) is 17.6. The molecule has 0 bridgehead atoms. The summed E-state index contributed by atoms with van der Waals surface area (Å²) in [4.78, 5) is 14.5. The van der Waals surface area contributed by atoms with Gasteiger partial charge >= 0.3 is 0 Å². The summed E-state index contributed by atoms with van der Waals surface area (Å²) in [5.74, 6) is 0.792.